The molecule has 5 aliphatic rings. The molecule has 6 heteroatoms. The van der Waals surface area contributed by atoms with Gasteiger partial charge in [0.1, 0.15) is 0 Å². The fourth-order valence-corrected chi connectivity index (χ4v) is 3.87. The van der Waals surface area contributed by atoms with E-state index < -0.39 is 0 Å². The van der Waals surface area contributed by atoms with E-state index in [4.69, 9.17) is 4.99 Å². The highest BCUT2D eigenvalue weighted by atomic mass is 16.1. The smallest absolute Gasteiger partial charge is 0.165 e. The van der Waals surface area contributed by atoms with E-state index in [1.54, 1.807) is 26.0 Å². The molecule has 32 heavy (non-hydrogen) atoms. The van der Waals surface area contributed by atoms with E-state index in [1.807, 2.05) is 48.6 Å². The summed E-state index contributed by atoms with van der Waals surface area (Å²) >= 11 is 0. The van der Waals surface area contributed by atoms with E-state index in [0.717, 1.165) is 22.8 Å². The van der Waals surface area contributed by atoms with Crippen molar-refractivity contribution in [3.63, 3.8) is 0 Å². The minimum atomic E-state index is -0.117. The van der Waals surface area contributed by atoms with Crippen LogP contribution >= 0.6 is 0 Å². The number of hydrogen-bond donors (Lipinski definition) is 0. The summed E-state index contributed by atoms with van der Waals surface area (Å²) in [6, 6.07) is 0. The number of hydrogen-bond acceptors (Lipinski definition) is 6. The zero-order valence-electron chi connectivity index (χ0n) is 17.8. The first-order valence-corrected chi connectivity index (χ1v) is 10.6. The SMILES string of the molecule is CCC(=O)C1=C(C(=O)CC)C2=NC1=CC1=NC(=CC3=NC(=CC4=NC(=C2)C=C4)C=C3)C=C1. The maximum Gasteiger partial charge on any atom is 0.165 e. The average molecular weight is 420 g/mol. The number of carbonyl (C=O) groups excluding carboxylic acids is 2. The Morgan fingerprint density at radius 1 is 0.594 bits per heavy atom. The van der Waals surface area contributed by atoms with Gasteiger partial charge in [0.15, 0.2) is 11.6 Å². The highest BCUT2D eigenvalue weighted by molar-refractivity contribution is 6.34. The molecule has 0 atom stereocenters. The first-order chi connectivity index (χ1) is 15.5. The normalized spacial score (nSPS) is 20.4. The molecule has 5 heterocycles. The lowest BCUT2D eigenvalue weighted by Gasteiger charge is -2.05. The Balaban J connectivity index is 1.73. The molecule has 0 radical (unpaired) electrons. The van der Waals surface area contributed by atoms with Gasteiger partial charge in [-0.1, -0.05) is 13.8 Å². The number of ketones is 2. The quantitative estimate of drug-likeness (QED) is 0.680. The van der Waals surface area contributed by atoms with E-state index >= 15 is 0 Å². The van der Waals surface area contributed by atoms with Crippen molar-refractivity contribution in [3.05, 3.63) is 94.7 Å². The maximum atomic E-state index is 12.9. The molecule has 0 aromatic heterocycles. The number of rotatable bonds is 4. The van der Waals surface area contributed by atoms with Gasteiger partial charge in [-0.25, -0.2) is 20.0 Å². The van der Waals surface area contributed by atoms with Crippen LogP contribution in [-0.4, -0.2) is 34.4 Å². The number of aliphatic imine (C=N–C) groups is 4. The van der Waals surface area contributed by atoms with E-state index in [-0.39, 0.29) is 24.4 Å². The molecule has 0 N–H and O–H groups in total. The molecule has 0 saturated heterocycles. The van der Waals surface area contributed by atoms with Gasteiger partial charge in [-0.2, -0.15) is 0 Å². The Kier molecular flexibility index (Phi) is 4.90. The molecule has 0 saturated carbocycles. The summed E-state index contributed by atoms with van der Waals surface area (Å²) in [6.07, 6.45) is 19.3. The van der Waals surface area contributed by atoms with E-state index in [1.165, 1.54) is 0 Å². The van der Waals surface area contributed by atoms with Gasteiger partial charge in [-0.3, -0.25) is 9.59 Å². The molecule has 0 spiro atoms. The van der Waals surface area contributed by atoms with E-state index in [2.05, 4.69) is 15.0 Å². The van der Waals surface area contributed by atoms with Gasteiger partial charge in [0.25, 0.3) is 0 Å². The molecular weight excluding hydrogens is 400 g/mol. The number of carbonyl (C=O) groups is 2. The first kappa shape index (κ1) is 19.9. The average Bonchev–Trinajstić information content (AvgIpc) is 3.57. The van der Waals surface area contributed by atoms with Crippen molar-refractivity contribution < 1.29 is 9.59 Å². The van der Waals surface area contributed by atoms with Crippen molar-refractivity contribution in [2.75, 3.05) is 0 Å². The minimum absolute atomic E-state index is 0.117. The summed E-state index contributed by atoms with van der Waals surface area (Å²) in [4.78, 5) is 44.3. The Hall–Kier alpha value is -4.06. The fraction of sp³-hybridized carbons (Fsp3) is 0.154. The lowest BCUT2D eigenvalue weighted by atomic mass is 9.94. The van der Waals surface area contributed by atoms with E-state index in [9.17, 15) is 9.59 Å². The van der Waals surface area contributed by atoms with Crippen LogP contribution in [-0.2, 0) is 9.59 Å². The van der Waals surface area contributed by atoms with Crippen LogP contribution in [0.2, 0.25) is 0 Å². The molecule has 5 aliphatic heterocycles. The van der Waals surface area contributed by atoms with Crippen LogP contribution in [0.5, 0.6) is 0 Å². The molecule has 0 aromatic carbocycles. The fourth-order valence-electron chi connectivity index (χ4n) is 3.87. The summed E-state index contributed by atoms with van der Waals surface area (Å²) in [7, 11) is 0. The molecule has 0 amide bonds. The van der Waals surface area contributed by atoms with Crippen LogP contribution in [0.15, 0.2) is 115 Å². The summed E-state index contributed by atoms with van der Waals surface area (Å²) in [5.74, 6) is -0.233. The van der Waals surface area contributed by atoms with Crippen LogP contribution < -0.4 is 0 Å². The van der Waals surface area contributed by atoms with Crippen LogP contribution in [0.1, 0.15) is 26.7 Å². The summed E-state index contributed by atoms with van der Waals surface area (Å²) in [5.41, 5.74) is 6.11. The third-order valence-corrected chi connectivity index (χ3v) is 5.41. The molecule has 0 fully saturated rings. The molecular formula is C26H20N4O2. The lowest BCUT2D eigenvalue weighted by molar-refractivity contribution is -0.117. The van der Waals surface area contributed by atoms with Gasteiger partial charge < -0.3 is 0 Å². The van der Waals surface area contributed by atoms with Gasteiger partial charge in [0, 0.05) is 12.8 Å². The molecule has 0 aliphatic carbocycles. The van der Waals surface area contributed by atoms with Crippen LogP contribution in [0.4, 0.5) is 0 Å². The van der Waals surface area contributed by atoms with Crippen molar-refractivity contribution in [1.82, 2.24) is 0 Å². The molecule has 0 unspecified atom stereocenters. The zero-order chi connectivity index (χ0) is 22.2. The Morgan fingerprint density at radius 3 is 1.59 bits per heavy atom. The van der Waals surface area contributed by atoms with Crippen molar-refractivity contribution in [1.29, 1.82) is 0 Å². The Morgan fingerprint density at radius 2 is 1.06 bits per heavy atom. The zero-order valence-corrected chi connectivity index (χ0v) is 17.8. The molecule has 6 nitrogen and oxygen atoms in total. The Bertz CT molecular complexity index is 1350. The largest absolute Gasteiger partial charge is 0.294 e. The number of Topliss-reactive ketones (excluding diaryl/α,β-unsaturated/α-hetero) is 2. The molecule has 0 aromatic rings. The van der Waals surface area contributed by atoms with Crippen molar-refractivity contribution in [3.8, 4) is 0 Å². The highest BCUT2D eigenvalue weighted by Crippen LogP contribution is 2.31. The predicted octanol–water partition coefficient (Wildman–Crippen LogP) is 4.28. The third kappa shape index (κ3) is 3.60. The van der Waals surface area contributed by atoms with Crippen LogP contribution in [0.25, 0.3) is 0 Å². The number of nitrogens with zero attached hydrogens (tertiary/aromatic N) is 4. The number of allylic oxidation sites excluding steroid dienone is 12. The summed E-state index contributed by atoms with van der Waals surface area (Å²) in [5, 5.41) is 0. The minimum Gasteiger partial charge on any atom is -0.294 e. The second-order valence-electron chi connectivity index (χ2n) is 7.65. The number of fused-ring (bicyclic) bond motifs is 4. The third-order valence-electron chi connectivity index (χ3n) is 5.41. The highest BCUT2D eigenvalue weighted by Gasteiger charge is 2.31. The van der Waals surface area contributed by atoms with Gasteiger partial charge in [-0.05, 0) is 60.8 Å². The lowest BCUT2D eigenvalue weighted by Crippen LogP contribution is -2.14. The molecule has 8 bridgehead atoms. The van der Waals surface area contributed by atoms with Gasteiger partial charge in [-0.15, -0.1) is 0 Å². The second-order valence-corrected chi connectivity index (χ2v) is 7.65. The van der Waals surface area contributed by atoms with Crippen molar-refractivity contribution in [2.45, 2.75) is 26.7 Å². The van der Waals surface area contributed by atoms with Crippen molar-refractivity contribution in [2.24, 2.45) is 20.0 Å². The molecule has 5 rings (SSSR count). The van der Waals surface area contributed by atoms with Gasteiger partial charge >= 0.3 is 0 Å². The first-order valence-electron chi connectivity index (χ1n) is 10.6. The second kappa shape index (κ2) is 7.89. The predicted molar refractivity (Wildman–Crippen MR) is 127 cm³/mol. The molecule has 156 valence electrons. The Labute approximate surface area is 185 Å². The maximum absolute atomic E-state index is 12.9. The van der Waals surface area contributed by atoms with Gasteiger partial charge in [0.05, 0.1) is 56.8 Å². The monoisotopic (exact) mass is 420 g/mol. The standard InChI is InChI=1S/C26H20N4O2/c1-3-23(31)25-21-13-19-9-7-17(28-19)11-15-5-6-16(27-15)12-18-8-10-20(29-18)14-22(30-21)26(25)24(32)4-2/h5-14H,3-4H2,1-2H3. The van der Waals surface area contributed by atoms with Crippen LogP contribution in [0, 0.1) is 0 Å². The summed E-state index contributed by atoms with van der Waals surface area (Å²) in [6.45, 7) is 3.57. The topological polar surface area (TPSA) is 83.6 Å². The van der Waals surface area contributed by atoms with Crippen LogP contribution in [0.3, 0.4) is 0 Å². The van der Waals surface area contributed by atoms with E-state index in [0.29, 0.717) is 34.0 Å². The van der Waals surface area contributed by atoms with Gasteiger partial charge in [0.2, 0.25) is 0 Å². The van der Waals surface area contributed by atoms with Crippen molar-refractivity contribution >= 4 is 34.4 Å². The summed E-state index contributed by atoms with van der Waals surface area (Å²) < 4.78 is 0.